The van der Waals surface area contributed by atoms with Crippen molar-refractivity contribution in [2.45, 2.75) is 25.4 Å². The number of rotatable bonds is 5. The van der Waals surface area contributed by atoms with Gasteiger partial charge in [-0.05, 0) is 42.5 Å². The lowest BCUT2D eigenvalue weighted by molar-refractivity contribution is -0.137. The minimum absolute atomic E-state index is 0.0115. The van der Waals surface area contributed by atoms with Crippen molar-refractivity contribution in [1.29, 1.82) is 0 Å². The highest BCUT2D eigenvalue weighted by molar-refractivity contribution is 7.20. The van der Waals surface area contributed by atoms with Crippen LogP contribution in [0.1, 0.15) is 24.1 Å². The number of halogens is 3. The van der Waals surface area contributed by atoms with E-state index in [9.17, 15) is 18.0 Å². The van der Waals surface area contributed by atoms with E-state index in [1.54, 1.807) is 11.3 Å². The molecule has 9 heteroatoms. The smallest absolute Gasteiger partial charge is 0.370 e. The molecule has 2 aromatic heterocycles. The Kier molecular flexibility index (Phi) is 5.60. The van der Waals surface area contributed by atoms with E-state index in [-0.39, 0.29) is 18.0 Å². The number of hydrogen-bond acceptors (Lipinski definition) is 5. The van der Waals surface area contributed by atoms with Gasteiger partial charge in [0.2, 0.25) is 5.91 Å². The average molecular weight is 438 g/mol. The van der Waals surface area contributed by atoms with E-state index < -0.39 is 11.7 Å². The highest BCUT2D eigenvalue weighted by atomic mass is 32.1. The fraction of sp³-hybridized carbons (Fsp3) is 0.300. The fourth-order valence-electron chi connectivity index (χ4n) is 3.31. The summed E-state index contributed by atoms with van der Waals surface area (Å²) >= 11 is 3.01. The Hall–Kier alpha value is -2.39. The predicted octanol–water partition coefficient (Wildman–Crippen LogP) is 5.67. The Morgan fingerprint density at radius 3 is 2.66 bits per heavy atom. The highest BCUT2D eigenvalue weighted by Gasteiger charge is 2.32. The zero-order chi connectivity index (χ0) is 20.4. The zero-order valence-electron chi connectivity index (χ0n) is 15.3. The Bertz CT molecular complexity index is 993. The largest absolute Gasteiger partial charge is 0.416 e. The average Bonchev–Trinajstić information content (AvgIpc) is 3.43. The molecule has 1 amide bonds. The molecule has 1 aliphatic heterocycles. The second kappa shape index (κ2) is 8.16. The lowest BCUT2D eigenvalue weighted by Gasteiger charge is -2.23. The molecule has 3 aromatic rings. The molecule has 1 aromatic carbocycles. The van der Waals surface area contributed by atoms with Crippen LogP contribution in [0.5, 0.6) is 0 Å². The lowest BCUT2D eigenvalue weighted by atomic mass is 10.1. The summed E-state index contributed by atoms with van der Waals surface area (Å²) in [6.45, 7) is 1.54. The van der Waals surface area contributed by atoms with Gasteiger partial charge >= 0.3 is 6.18 Å². The third-order valence-electron chi connectivity index (χ3n) is 4.67. The van der Waals surface area contributed by atoms with Crippen molar-refractivity contribution >= 4 is 40.0 Å². The topological polar surface area (TPSA) is 45.2 Å². The number of benzene rings is 1. The van der Waals surface area contributed by atoms with Crippen LogP contribution in [0.2, 0.25) is 0 Å². The Labute approximate surface area is 174 Å². The third-order valence-corrected chi connectivity index (χ3v) is 6.60. The van der Waals surface area contributed by atoms with Crippen molar-refractivity contribution in [2.24, 2.45) is 0 Å². The maximum atomic E-state index is 13.2. The van der Waals surface area contributed by atoms with Gasteiger partial charge in [-0.25, -0.2) is 4.98 Å². The van der Waals surface area contributed by atoms with Gasteiger partial charge in [-0.15, -0.1) is 22.7 Å². The molecule has 0 aliphatic carbocycles. The van der Waals surface area contributed by atoms with Gasteiger partial charge in [-0.1, -0.05) is 6.07 Å². The van der Waals surface area contributed by atoms with Gasteiger partial charge in [0, 0.05) is 18.5 Å². The molecule has 0 atom stereocenters. The van der Waals surface area contributed by atoms with Gasteiger partial charge in [0.25, 0.3) is 0 Å². The number of thiazole rings is 1. The first kappa shape index (κ1) is 19.9. The van der Waals surface area contributed by atoms with Crippen molar-refractivity contribution in [1.82, 2.24) is 4.98 Å². The van der Waals surface area contributed by atoms with Crippen LogP contribution in [-0.2, 0) is 17.4 Å². The summed E-state index contributed by atoms with van der Waals surface area (Å²) in [5.74, 6) is -0.382. The number of anilines is 2. The monoisotopic (exact) mass is 437 g/mol. The molecule has 4 rings (SSSR count). The minimum Gasteiger partial charge on any atom is -0.370 e. The summed E-state index contributed by atoms with van der Waals surface area (Å²) in [6.07, 6.45) is -2.48. The highest BCUT2D eigenvalue weighted by Crippen LogP contribution is 2.36. The van der Waals surface area contributed by atoms with Crippen LogP contribution in [0.4, 0.5) is 24.5 Å². The molecule has 1 fully saturated rings. The van der Waals surface area contributed by atoms with E-state index in [4.69, 9.17) is 0 Å². The molecular formula is C20H18F3N3OS2. The molecule has 0 spiro atoms. The van der Waals surface area contributed by atoms with Gasteiger partial charge in [0.15, 0.2) is 0 Å². The number of thiophene rings is 1. The summed E-state index contributed by atoms with van der Waals surface area (Å²) in [7, 11) is 0. The van der Waals surface area contributed by atoms with Crippen LogP contribution in [0.3, 0.4) is 0 Å². The van der Waals surface area contributed by atoms with Gasteiger partial charge in [-0.3, -0.25) is 4.79 Å². The van der Waals surface area contributed by atoms with E-state index in [1.807, 2.05) is 27.8 Å². The number of nitrogens with one attached hydrogen (secondary N) is 1. The van der Waals surface area contributed by atoms with Crippen molar-refractivity contribution in [3.05, 3.63) is 52.3 Å². The van der Waals surface area contributed by atoms with Crippen molar-refractivity contribution < 1.29 is 18.0 Å². The van der Waals surface area contributed by atoms with Gasteiger partial charge in [0.1, 0.15) is 5.01 Å². The molecule has 4 nitrogen and oxygen atoms in total. The van der Waals surface area contributed by atoms with E-state index in [2.05, 4.69) is 10.3 Å². The van der Waals surface area contributed by atoms with E-state index in [1.165, 1.54) is 17.4 Å². The molecule has 0 radical (unpaired) electrons. The summed E-state index contributed by atoms with van der Waals surface area (Å²) in [5, 5.41) is 7.27. The van der Waals surface area contributed by atoms with Gasteiger partial charge in [0.05, 0.1) is 33.9 Å². The SMILES string of the molecule is O=C(Cc1csc(-c2cccs2)n1)Nc1cc(C(F)(F)F)ccc1N1CCCC1. The Balaban J connectivity index is 1.53. The van der Waals surface area contributed by atoms with E-state index >= 15 is 0 Å². The molecule has 3 heterocycles. The number of aromatic nitrogens is 1. The second-order valence-electron chi connectivity index (χ2n) is 6.77. The van der Waals surface area contributed by atoms with Gasteiger partial charge in [-0.2, -0.15) is 13.2 Å². The lowest BCUT2D eigenvalue weighted by Crippen LogP contribution is -2.22. The quantitative estimate of drug-likeness (QED) is 0.559. The van der Waals surface area contributed by atoms with Crippen LogP contribution in [0, 0.1) is 0 Å². The first-order chi connectivity index (χ1) is 13.9. The number of amides is 1. The fourth-order valence-corrected chi connectivity index (χ4v) is 4.94. The molecular weight excluding hydrogens is 419 g/mol. The molecule has 1 N–H and O–H groups in total. The van der Waals surface area contributed by atoms with Crippen LogP contribution < -0.4 is 10.2 Å². The normalized spacial score (nSPS) is 14.4. The maximum Gasteiger partial charge on any atom is 0.416 e. The van der Waals surface area contributed by atoms with Crippen LogP contribution in [0.25, 0.3) is 9.88 Å². The number of alkyl halides is 3. The minimum atomic E-state index is -4.46. The van der Waals surface area contributed by atoms with E-state index in [0.717, 1.165) is 47.9 Å². The maximum absolute atomic E-state index is 13.2. The third kappa shape index (κ3) is 4.62. The van der Waals surface area contributed by atoms with Crippen LogP contribution in [-0.4, -0.2) is 24.0 Å². The molecule has 0 bridgehead atoms. The summed E-state index contributed by atoms with van der Waals surface area (Å²) in [4.78, 5) is 20.1. The van der Waals surface area contributed by atoms with Gasteiger partial charge < -0.3 is 10.2 Å². The second-order valence-corrected chi connectivity index (χ2v) is 8.58. The first-order valence-electron chi connectivity index (χ1n) is 9.14. The first-order valence-corrected chi connectivity index (χ1v) is 10.9. The molecule has 0 saturated carbocycles. The van der Waals surface area contributed by atoms with Crippen molar-refractivity contribution in [3.63, 3.8) is 0 Å². The standard InChI is InChI=1S/C20H18F3N3OS2/c21-20(22,23)13-5-6-16(26-7-1-2-8-26)15(10-13)25-18(27)11-14-12-29-19(24-14)17-4-3-9-28-17/h3-6,9-10,12H,1-2,7-8,11H2,(H,25,27). The Morgan fingerprint density at radius 1 is 1.17 bits per heavy atom. The van der Waals surface area contributed by atoms with Crippen molar-refractivity contribution in [2.75, 3.05) is 23.3 Å². The number of carbonyl (C=O) groups excluding carboxylic acids is 1. The molecule has 152 valence electrons. The number of hydrogen-bond donors (Lipinski definition) is 1. The zero-order valence-corrected chi connectivity index (χ0v) is 17.0. The number of nitrogens with zero attached hydrogens (tertiary/aromatic N) is 2. The number of carbonyl (C=O) groups is 1. The van der Waals surface area contributed by atoms with Crippen molar-refractivity contribution in [3.8, 4) is 9.88 Å². The summed E-state index contributed by atoms with van der Waals surface area (Å²) in [6, 6.07) is 7.42. The molecule has 0 unspecified atom stereocenters. The Morgan fingerprint density at radius 2 is 1.97 bits per heavy atom. The molecule has 29 heavy (non-hydrogen) atoms. The van der Waals surface area contributed by atoms with Crippen LogP contribution in [0.15, 0.2) is 41.1 Å². The van der Waals surface area contributed by atoms with Crippen LogP contribution >= 0.6 is 22.7 Å². The molecule has 1 aliphatic rings. The predicted molar refractivity (Wildman–Crippen MR) is 111 cm³/mol. The van der Waals surface area contributed by atoms with E-state index in [0.29, 0.717) is 11.4 Å². The molecule has 1 saturated heterocycles. The summed E-state index contributed by atoms with van der Waals surface area (Å²) < 4.78 is 39.5. The summed E-state index contributed by atoms with van der Waals surface area (Å²) in [5.41, 5.74) is 0.650.